The number of ether oxygens (including phenoxy) is 1. The van der Waals surface area contributed by atoms with Crippen LogP contribution in [-0.2, 0) is 14.3 Å². The third kappa shape index (κ3) is 5.94. The summed E-state index contributed by atoms with van der Waals surface area (Å²) in [6.07, 6.45) is 8.69. The zero-order valence-electron chi connectivity index (χ0n) is 21.7. The Balaban J connectivity index is 1.71. The van der Waals surface area contributed by atoms with Gasteiger partial charge in [-0.3, -0.25) is 4.79 Å². The molecule has 0 unspecified atom stereocenters. The number of benzene rings is 1. The molecule has 6 atom stereocenters. The minimum atomic E-state index is -0.782. The molecular weight excluding hydrogens is 460 g/mol. The first-order valence-electron chi connectivity index (χ1n) is 12.8. The van der Waals surface area contributed by atoms with Gasteiger partial charge in [-0.1, -0.05) is 39.8 Å². The summed E-state index contributed by atoms with van der Waals surface area (Å²) < 4.78 is 5.59. The fraction of sp³-hybridized carbons (Fsp3) is 0.586. The van der Waals surface area contributed by atoms with Gasteiger partial charge in [-0.05, 0) is 90.0 Å². The fourth-order valence-corrected chi connectivity index (χ4v) is 6.49. The summed E-state index contributed by atoms with van der Waals surface area (Å²) in [4.78, 5) is 23.6. The molecule has 3 rings (SSSR count). The first kappa shape index (κ1) is 27.8. The van der Waals surface area contributed by atoms with Crippen molar-refractivity contribution >= 4 is 18.0 Å². The summed E-state index contributed by atoms with van der Waals surface area (Å²) in [5.41, 5.74) is 1.10. The van der Waals surface area contributed by atoms with Gasteiger partial charge in [-0.15, -0.1) is 0 Å². The minimum absolute atomic E-state index is 0.0682. The average Bonchev–Trinajstić information content (AvgIpc) is 2.80. The van der Waals surface area contributed by atoms with Crippen LogP contribution in [0.3, 0.4) is 0 Å². The predicted molar refractivity (Wildman–Crippen MR) is 137 cm³/mol. The van der Waals surface area contributed by atoms with Crippen LogP contribution in [-0.4, -0.2) is 45.1 Å². The van der Waals surface area contributed by atoms with Crippen LogP contribution < -0.4 is 0 Å². The molecule has 0 aromatic heterocycles. The Hall–Kier alpha value is -2.80. The van der Waals surface area contributed by atoms with E-state index in [2.05, 4.69) is 26.8 Å². The molecule has 0 radical (unpaired) electrons. The van der Waals surface area contributed by atoms with Gasteiger partial charge in [0.05, 0.1) is 6.10 Å². The van der Waals surface area contributed by atoms with Gasteiger partial charge < -0.3 is 25.2 Å². The summed E-state index contributed by atoms with van der Waals surface area (Å²) in [7, 11) is 0. The van der Waals surface area contributed by atoms with Crippen molar-refractivity contribution < 1.29 is 34.8 Å². The number of carbonyl (C=O) groups excluding carboxylic acids is 1. The highest BCUT2D eigenvalue weighted by atomic mass is 16.5. The second-order valence-electron chi connectivity index (χ2n) is 11.3. The van der Waals surface area contributed by atoms with E-state index in [1.165, 1.54) is 24.3 Å². The summed E-state index contributed by atoms with van der Waals surface area (Å²) in [5.74, 6) is -1.34. The van der Waals surface area contributed by atoms with E-state index >= 15 is 0 Å². The molecule has 2 aliphatic rings. The number of phenolic OH excluding ortho intramolecular Hbond substituents is 2. The molecule has 1 saturated carbocycles. The van der Waals surface area contributed by atoms with Crippen LogP contribution in [0.25, 0.3) is 6.08 Å². The summed E-state index contributed by atoms with van der Waals surface area (Å²) in [6.45, 7) is 8.62. The van der Waals surface area contributed by atoms with E-state index in [0.29, 0.717) is 12.0 Å². The Morgan fingerprint density at radius 2 is 1.94 bits per heavy atom. The number of aliphatic hydroxyl groups excluding tert-OH is 1. The van der Waals surface area contributed by atoms with Crippen LogP contribution in [0.5, 0.6) is 11.5 Å². The molecule has 0 amide bonds. The molecule has 1 aromatic rings. The number of esters is 1. The number of carboxylic acids is 1. The van der Waals surface area contributed by atoms with E-state index in [-0.39, 0.29) is 53.1 Å². The molecule has 0 bridgehead atoms. The van der Waals surface area contributed by atoms with Gasteiger partial charge in [0.1, 0.15) is 6.61 Å². The molecule has 1 aromatic carbocycles. The molecule has 2 aliphatic carbocycles. The van der Waals surface area contributed by atoms with Gasteiger partial charge in [-0.2, -0.15) is 0 Å². The van der Waals surface area contributed by atoms with E-state index in [9.17, 15) is 24.9 Å². The number of carboxylic acid groups (broad SMARTS) is 1. The number of fused-ring (bicyclic) bond motifs is 1. The van der Waals surface area contributed by atoms with Gasteiger partial charge >= 0.3 is 11.9 Å². The Morgan fingerprint density at radius 1 is 1.22 bits per heavy atom. The largest absolute Gasteiger partial charge is 0.504 e. The lowest BCUT2D eigenvalue weighted by Gasteiger charge is -2.60. The molecule has 1 fully saturated rings. The third-order valence-corrected chi connectivity index (χ3v) is 8.88. The van der Waals surface area contributed by atoms with Crippen molar-refractivity contribution in [2.75, 3.05) is 6.61 Å². The van der Waals surface area contributed by atoms with Crippen molar-refractivity contribution in [1.82, 2.24) is 0 Å². The lowest BCUT2D eigenvalue weighted by molar-refractivity contribution is -0.141. The van der Waals surface area contributed by atoms with Crippen LogP contribution >= 0.6 is 0 Å². The normalized spacial score (nSPS) is 30.9. The van der Waals surface area contributed by atoms with Crippen LogP contribution in [0.4, 0.5) is 0 Å². The van der Waals surface area contributed by atoms with Crippen molar-refractivity contribution in [3.63, 3.8) is 0 Å². The summed E-state index contributed by atoms with van der Waals surface area (Å²) >= 11 is 0. The highest BCUT2D eigenvalue weighted by molar-refractivity contribution is 5.87. The van der Waals surface area contributed by atoms with Gasteiger partial charge in [-0.25, -0.2) is 4.79 Å². The highest BCUT2D eigenvalue weighted by Gasteiger charge is 2.56. The second kappa shape index (κ2) is 11.1. The molecule has 4 N–H and O–H groups in total. The first-order valence-corrected chi connectivity index (χ1v) is 12.8. The van der Waals surface area contributed by atoms with Gasteiger partial charge in [0.15, 0.2) is 11.5 Å². The third-order valence-electron chi connectivity index (χ3n) is 8.88. The van der Waals surface area contributed by atoms with Crippen molar-refractivity contribution in [3.05, 3.63) is 41.5 Å². The minimum Gasteiger partial charge on any atom is -0.504 e. The molecule has 36 heavy (non-hydrogen) atoms. The molecule has 7 heteroatoms. The van der Waals surface area contributed by atoms with Crippen LogP contribution in [0.1, 0.15) is 71.8 Å². The smallest absolute Gasteiger partial charge is 0.331 e. The van der Waals surface area contributed by atoms with Crippen molar-refractivity contribution in [1.29, 1.82) is 0 Å². The number of phenols is 2. The SMILES string of the molecule is C[C@@H](CC[C@@]1(C)[C@H](C)[C@H](O)C[C@@]2(C)C(COC(=O)/C=C/c3ccc(O)c(O)c3)=CCC[C@H]12)CC(=O)O. The van der Waals surface area contributed by atoms with Crippen LogP contribution in [0.15, 0.2) is 35.9 Å². The second-order valence-corrected chi connectivity index (χ2v) is 11.3. The van der Waals surface area contributed by atoms with E-state index in [1.54, 1.807) is 6.07 Å². The molecule has 0 aliphatic heterocycles. The maximum atomic E-state index is 12.4. The van der Waals surface area contributed by atoms with Crippen molar-refractivity contribution in [2.45, 2.75) is 72.3 Å². The van der Waals surface area contributed by atoms with Gasteiger partial charge in [0.25, 0.3) is 0 Å². The number of aliphatic carboxylic acids is 1. The standard InChI is InChI=1S/C29H40O7/c1-18(14-26(33)34)12-13-28(3)19(2)24(32)16-29(4)21(6-5-7-25(28)29)17-36-27(35)11-9-20-8-10-22(30)23(31)15-20/h6,8-11,15,18-19,24-25,30-32H,5,7,12-14,16-17H2,1-4H3,(H,33,34)/b11-9+/t18-,19+,24+,25+,28-,29-/m0/s1. The Morgan fingerprint density at radius 3 is 2.61 bits per heavy atom. The molecule has 0 saturated heterocycles. The number of carbonyl (C=O) groups is 2. The predicted octanol–water partition coefficient (Wildman–Crippen LogP) is 5.29. The number of allylic oxidation sites excluding steroid dienone is 1. The maximum Gasteiger partial charge on any atom is 0.331 e. The van der Waals surface area contributed by atoms with Gasteiger partial charge in [0.2, 0.25) is 0 Å². The number of aromatic hydroxyl groups is 2. The zero-order valence-corrected chi connectivity index (χ0v) is 21.7. The molecule has 0 heterocycles. The van der Waals surface area contributed by atoms with Crippen LogP contribution in [0, 0.1) is 28.6 Å². The number of hydrogen-bond donors (Lipinski definition) is 4. The Bertz CT molecular complexity index is 1030. The average molecular weight is 501 g/mol. The molecule has 0 spiro atoms. The lowest BCUT2D eigenvalue weighted by Crippen LogP contribution is -2.55. The van der Waals surface area contributed by atoms with Gasteiger partial charge in [0, 0.05) is 12.5 Å². The van der Waals surface area contributed by atoms with Crippen molar-refractivity contribution in [2.24, 2.45) is 28.6 Å². The molecule has 7 nitrogen and oxygen atoms in total. The number of aliphatic hydroxyl groups is 1. The quantitative estimate of drug-likeness (QED) is 0.157. The number of rotatable bonds is 9. The fourth-order valence-electron chi connectivity index (χ4n) is 6.49. The zero-order chi connectivity index (χ0) is 26.7. The monoisotopic (exact) mass is 500 g/mol. The number of hydrogen-bond acceptors (Lipinski definition) is 6. The topological polar surface area (TPSA) is 124 Å². The maximum absolute atomic E-state index is 12.4. The van der Waals surface area contributed by atoms with E-state index in [0.717, 1.165) is 31.3 Å². The Kier molecular flexibility index (Phi) is 8.55. The van der Waals surface area contributed by atoms with Crippen LogP contribution in [0.2, 0.25) is 0 Å². The first-order chi connectivity index (χ1) is 16.9. The highest BCUT2D eigenvalue weighted by Crippen LogP contribution is 2.62. The molecular formula is C29H40O7. The summed E-state index contributed by atoms with van der Waals surface area (Å²) in [5, 5.41) is 39.3. The lowest BCUT2D eigenvalue weighted by atomic mass is 9.46. The van der Waals surface area contributed by atoms with Crippen molar-refractivity contribution in [3.8, 4) is 11.5 Å². The van der Waals surface area contributed by atoms with E-state index in [1.807, 2.05) is 6.92 Å². The van der Waals surface area contributed by atoms with E-state index in [4.69, 9.17) is 9.84 Å². The Labute approximate surface area is 213 Å². The van der Waals surface area contributed by atoms with E-state index < -0.39 is 18.0 Å². The summed E-state index contributed by atoms with van der Waals surface area (Å²) in [6, 6.07) is 4.29. The molecule has 198 valence electrons.